The molecular weight excluding hydrogens is 470 g/mol. The molecular formula is C26H28F2SiZr-4. The fraction of sp³-hybridized carbons (Fsp3) is 0.192. The van der Waals surface area contributed by atoms with Gasteiger partial charge in [0, 0.05) is 6.07 Å². The number of rotatable bonds is 1. The van der Waals surface area contributed by atoms with Gasteiger partial charge in [0.1, 0.15) is 11.6 Å². The fourth-order valence-corrected chi connectivity index (χ4v) is 3.27. The maximum absolute atomic E-state index is 13.2. The number of hydrogen-bond acceptors (Lipinski definition) is 0. The Labute approximate surface area is 197 Å². The summed E-state index contributed by atoms with van der Waals surface area (Å²) in [6.07, 6.45) is 3.36. The molecule has 0 amide bonds. The molecule has 158 valence electrons. The van der Waals surface area contributed by atoms with Crippen LogP contribution in [0.4, 0.5) is 8.78 Å². The van der Waals surface area contributed by atoms with E-state index in [1.807, 2.05) is 36.4 Å². The van der Waals surface area contributed by atoms with Crippen LogP contribution in [-0.4, -0.2) is 6.88 Å². The average Bonchev–Trinajstić information content (AvgIpc) is 3.20. The Hall–Kier alpha value is -1.51. The van der Waals surface area contributed by atoms with Crippen molar-refractivity contribution in [2.75, 3.05) is 0 Å². The van der Waals surface area contributed by atoms with Crippen LogP contribution in [-0.2, 0) is 23.3 Å². The molecule has 0 N–H and O–H groups in total. The molecule has 0 nitrogen and oxygen atoms in total. The van der Waals surface area contributed by atoms with Gasteiger partial charge in [-0.15, -0.1) is 53.6 Å². The summed E-state index contributed by atoms with van der Waals surface area (Å²) >= 11 is 1.36. The van der Waals surface area contributed by atoms with E-state index < -0.39 is 11.6 Å². The van der Waals surface area contributed by atoms with E-state index in [4.69, 9.17) is 0 Å². The molecule has 0 spiro atoms. The second kappa shape index (κ2) is 13.0. The van der Waals surface area contributed by atoms with Gasteiger partial charge in [-0.25, -0.2) is 14.4 Å². The molecule has 1 aliphatic carbocycles. The van der Waals surface area contributed by atoms with Gasteiger partial charge in [0.2, 0.25) is 0 Å². The van der Waals surface area contributed by atoms with Crippen LogP contribution >= 0.6 is 0 Å². The summed E-state index contributed by atoms with van der Waals surface area (Å²) < 4.78 is 26.4. The predicted octanol–water partition coefficient (Wildman–Crippen LogP) is 7.74. The Morgan fingerprint density at radius 1 is 0.967 bits per heavy atom. The molecule has 1 atom stereocenters. The average molecular weight is 498 g/mol. The van der Waals surface area contributed by atoms with Crippen molar-refractivity contribution in [3.05, 3.63) is 104 Å². The minimum absolute atomic E-state index is 0. The molecule has 4 heteroatoms. The second-order valence-electron chi connectivity index (χ2n) is 6.79. The van der Waals surface area contributed by atoms with Crippen LogP contribution < -0.4 is 0 Å². The molecule has 0 fully saturated rings. The molecule has 0 aromatic heterocycles. The zero-order chi connectivity index (χ0) is 20.8. The number of halogens is 2. The number of fused-ring (bicyclic) bond motifs is 1. The summed E-state index contributed by atoms with van der Waals surface area (Å²) in [6, 6.07) is 15.2. The fourth-order valence-electron chi connectivity index (χ4n) is 3.27. The van der Waals surface area contributed by atoms with Crippen molar-refractivity contribution in [3.8, 4) is 11.1 Å². The molecule has 30 heavy (non-hydrogen) atoms. The predicted molar refractivity (Wildman–Crippen MR) is 123 cm³/mol. The van der Waals surface area contributed by atoms with Gasteiger partial charge in [0.05, 0.1) is 0 Å². The van der Waals surface area contributed by atoms with Gasteiger partial charge in [-0.2, -0.15) is 11.1 Å². The van der Waals surface area contributed by atoms with E-state index in [1.165, 1.54) is 52.2 Å². The van der Waals surface area contributed by atoms with E-state index >= 15 is 0 Å². The van der Waals surface area contributed by atoms with Gasteiger partial charge in [0.15, 0.2) is 0 Å². The summed E-state index contributed by atoms with van der Waals surface area (Å²) in [5, 5.41) is 2.09. The molecule has 3 aromatic rings. The number of benzene rings is 2. The topological polar surface area (TPSA) is 0 Å². The Kier molecular flexibility index (Phi) is 12.4. The van der Waals surface area contributed by atoms with E-state index in [0.717, 1.165) is 22.4 Å². The van der Waals surface area contributed by atoms with E-state index in [9.17, 15) is 8.78 Å². The first-order chi connectivity index (χ1) is 13.4. The molecule has 1 aliphatic rings. The first-order valence-electron chi connectivity index (χ1n) is 9.00. The van der Waals surface area contributed by atoms with E-state index in [2.05, 4.69) is 40.7 Å². The number of allylic oxidation sites excluding steroid dienone is 4. The Bertz CT molecular complexity index is 1010. The molecule has 3 aromatic carbocycles. The van der Waals surface area contributed by atoms with Crippen LogP contribution in [0.2, 0.25) is 0 Å². The third-order valence-electron chi connectivity index (χ3n) is 5.09. The maximum atomic E-state index is 13.2. The SMILES string of the molecule is CC1=[C-]C(C)C(C)=C1C.Fc1cc(F)cc(-c2c[cH-]c3ccccc23)c1.[CH3-].[CH3-].[Si]=[Zr]. The quantitative estimate of drug-likeness (QED) is 0.238. The minimum atomic E-state index is -0.551. The van der Waals surface area contributed by atoms with Gasteiger partial charge >= 0.3 is 30.2 Å². The third-order valence-corrected chi connectivity index (χ3v) is 5.09. The van der Waals surface area contributed by atoms with Gasteiger partial charge in [-0.1, -0.05) is 38.3 Å². The van der Waals surface area contributed by atoms with E-state index in [0.29, 0.717) is 11.5 Å². The van der Waals surface area contributed by atoms with Crippen molar-refractivity contribution >= 4 is 17.7 Å². The monoisotopic (exact) mass is 496 g/mol. The summed E-state index contributed by atoms with van der Waals surface area (Å²) in [7, 11) is 0. The van der Waals surface area contributed by atoms with Crippen molar-refractivity contribution in [2.24, 2.45) is 5.92 Å². The third kappa shape index (κ3) is 6.75. The van der Waals surface area contributed by atoms with Crippen LogP contribution in [0.5, 0.6) is 0 Å². The molecule has 4 rings (SSSR count). The Balaban J connectivity index is 0.000000558. The Morgan fingerprint density at radius 2 is 1.53 bits per heavy atom. The summed E-state index contributed by atoms with van der Waals surface area (Å²) in [6.45, 7) is 11.7. The standard InChI is InChI=1S/C15H9F2.C9H13.2CH3.Si.Zr/c16-12-7-11(8-13(17)9-12)15-6-5-10-3-1-2-4-14(10)15;1-6-5-7(2)9(4)8(6)3;;;;/h1-9H;6H,1-4H3;2*1H3;;/q4*-1;;. The first kappa shape index (κ1) is 28.5. The summed E-state index contributed by atoms with van der Waals surface area (Å²) in [5.41, 5.74) is 5.68. The van der Waals surface area contributed by atoms with Gasteiger partial charge in [-0.05, 0) is 12.1 Å². The molecule has 1 unspecified atom stereocenters. The van der Waals surface area contributed by atoms with Crippen molar-refractivity contribution in [1.82, 2.24) is 0 Å². The second-order valence-corrected chi connectivity index (χ2v) is 6.79. The summed E-state index contributed by atoms with van der Waals surface area (Å²) in [4.78, 5) is 0. The molecule has 0 aliphatic heterocycles. The van der Waals surface area contributed by atoms with Crippen molar-refractivity contribution < 1.29 is 32.1 Å². The van der Waals surface area contributed by atoms with Crippen LogP contribution in [0.1, 0.15) is 27.7 Å². The van der Waals surface area contributed by atoms with E-state index in [1.54, 1.807) is 0 Å². The zero-order valence-corrected chi connectivity index (χ0v) is 22.0. The zero-order valence-electron chi connectivity index (χ0n) is 18.5. The normalized spacial score (nSPS) is 14.4. The first-order valence-corrected chi connectivity index (χ1v) is 13.2. The van der Waals surface area contributed by atoms with Crippen molar-refractivity contribution in [3.63, 3.8) is 0 Å². The molecule has 2 radical (unpaired) electrons. The molecule has 0 saturated heterocycles. The van der Waals surface area contributed by atoms with Gasteiger partial charge in [-0.3, -0.25) is 6.08 Å². The van der Waals surface area contributed by atoms with Crippen LogP contribution in [0.15, 0.2) is 71.3 Å². The molecule has 0 heterocycles. The summed E-state index contributed by atoms with van der Waals surface area (Å²) in [5.74, 6) is -0.541. The van der Waals surface area contributed by atoms with Crippen LogP contribution in [0, 0.1) is 38.5 Å². The molecule has 0 bridgehead atoms. The molecule has 0 saturated carbocycles. The van der Waals surface area contributed by atoms with Gasteiger partial charge in [0.25, 0.3) is 0 Å². The Morgan fingerprint density at radius 3 is 2.00 bits per heavy atom. The van der Waals surface area contributed by atoms with Crippen LogP contribution in [0.3, 0.4) is 0 Å². The van der Waals surface area contributed by atoms with E-state index in [-0.39, 0.29) is 14.9 Å². The number of hydrogen-bond donors (Lipinski definition) is 0. The van der Waals surface area contributed by atoms with Crippen molar-refractivity contribution in [2.45, 2.75) is 27.7 Å². The van der Waals surface area contributed by atoms with Crippen molar-refractivity contribution in [1.29, 1.82) is 0 Å². The van der Waals surface area contributed by atoms with Gasteiger partial charge < -0.3 is 14.9 Å². The van der Waals surface area contributed by atoms with Crippen LogP contribution in [0.25, 0.3) is 21.9 Å².